The van der Waals surface area contributed by atoms with Gasteiger partial charge in [-0.25, -0.2) is 0 Å². The van der Waals surface area contributed by atoms with Crippen molar-refractivity contribution in [3.8, 4) is 0 Å². The highest BCUT2D eigenvalue weighted by Gasteiger charge is 1.99. The molecule has 1 N–H and O–H groups in total. The molecule has 0 heterocycles. The summed E-state index contributed by atoms with van der Waals surface area (Å²) in [5.74, 6) is 1.07. The van der Waals surface area contributed by atoms with Gasteiger partial charge in [0.1, 0.15) is 0 Å². The number of thioether (sulfide) groups is 1. The second-order valence-electron chi connectivity index (χ2n) is 2.36. The topological polar surface area (TPSA) is 20.2 Å². The smallest absolute Gasteiger partial charge is 0.0682 e. The maximum atomic E-state index is 8.86. The number of aliphatic hydroxyl groups excluding tert-OH is 1. The zero-order valence-corrected chi connectivity index (χ0v) is 9.28. The molecule has 0 saturated heterocycles. The van der Waals surface area contributed by atoms with E-state index < -0.39 is 0 Å². The lowest BCUT2D eigenvalue weighted by Gasteiger charge is -2.03. The zero-order valence-electron chi connectivity index (χ0n) is 6.88. The maximum absolute atomic E-state index is 8.86. The molecule has 0 spiro atoms. The lowest BCUT2D eigenvalue weighted by Crippen LogP contribution is -1.84. The molecule has 0 fully saturated rings. The minimum absolute atomic E-state index is 0.107. The van der Waals surface area contributed by atoms with E-state index >= 15 is 0 Å². The summed E-state index contributed by atoms with van der Waals surface area (Å²) in [5, 5.41) is 8.86. The van der Waals surface area contributed by atoms with Crippen LogP contribution in [0, 0.1) is 0 Å². The second-order valence-corrected chi connectivity index (χ2v) is 4.52. The lowest BCUT2D eigenvalue weighted by molar-refractivity contribution is 0.281. The zero-order chi connectivity index (χ0) is 8.97. The lowest BCUT2D eigenvalue weighted by atomic mass is 10.2. The van der Waals surface area contributed by atoms with E-state index in [-0.39, 0.29) is 6.61 Å². The van der Waals surface area contributed by atoms with Crippen molar-refractivity contribution in [1.82, 2.24) is 0 Å². The fourth-order valence-corrected chi connectivity index (χ4v) is 2.36. The molecule has 12 heavy (non-hydrogen) atoms. The Kier molecular flexibility index (Phi) is 4.12. The van der Waals surface area contributed by atoms with Crippen LogP contribution < -0.4 is 0 Å². The fraction of sp³-hybridized carbons (Fsp3) is 0.333. The van der Waals surface area contributed by atoms with Crippen LogP contribution >= 0.6 is 27.7 Å². The largest absolute Gasteiger partial charge is 0.392 e. The SMILES string of the molecule is CCSc1ccc(CO)cc1Br. The molecule has 0 amide bonds. The van der Waals surface area contributed by atoms with Crippen molar-refractivity contribution >= 4 is 27.7 Å². The molecule has 0 aliphatic rings. The molecule has 1 rings (SSSR count). The van der Waals surface area contributed by atoms with Crippen LogP contribution in [0.15, 0.2) is 27.6 Å². The van der Waals surface area contributed by atoms with Crippen molar-refractivity contribution in [2.45, 2.75) is 18.4 Å². The van der Waals surface area contributed by atoms with Gasteiger partial charge in [0.25, 0.3) is 0 Å². The third-order valence-electron chi connectivity index (χ3n) is 1.48. The first-order valence-electron chi connectivity index (χ1n) is 3.80. The third-order valence-corrected chi connectivity index (χ3v) is 3.35. The molecule has 0 radical (unpaired) electrons. The van der Waals surface area contributed by atoms with E-state index in [0.29, 0.717) is 0 Å². The van der Waals surface area contributed by atoms with E-state index in [9.17, 15) is 0 Å². The Bertz CT molecular complexity index is 263. The van der Waals surface area contributed by atoms with Crippen molar-refractivity contribution in [3.63, 3.8) is 0 Å². The van der Waals surface area contributed by atoms with E-state index in [1.54, 1.807) is 11.8 Å². The number of benzene rings is 1. The highest BCUT2D eigenvalue weighted by atomic mass is 79.9. The first-order chi connectivity index (χ1) is 5.77. The molecule has 3 heteroatoms. The van der Waals surface area contributed by atoms with Gasteiger partial charge in [-0.3, -0.25) is 0 Å². The molecule has 0 bridgehead atoms. The van der Waals surface area contributed by atoms with Crippen LogP contribution in [0.1, 0.15) is 12.5 Å². The van der Waals surface area contributed by atoms with Crippen LogP contribution in [0.3, 0.4) is 0 Å². The van der Waals surface area contributed by atoms with Crippen molar-refractivity contribution in [1.29, 1.82) is 0 Å². The van der Waals surface area contributed by atoms with E-state index in [0.717, 1.165) is 15.8 Å². The normalized spacial score (nSPS) is 10.2. The molecule has 0 atom stereocenters. The summed E-state index contributed by atoms with van der Waals surface area (Å²) in [5.41, 5.74) is 0.947. The second kappa shape index (κ2) is 4.90. The Balaban J connectivity index is 2.87. The van der Waals surface area contributed by atoms with Crippen molar-refractivity contribution < 1.29 is 5.11 Å². The number of rotatable bonds is 3. The van der Waals surface area contributed by atoms with Crippen LogP contribution in [0.25, 0.3) is 0 Å². The van der Waals surface area contributed by atoms with Gasteiger partial charge in [-0.15, -0.1) is 11.8 Å². The van der Waals surface area contributed by atoms with Crippen LogP contribution in [0.5, 0.6) is 0 Å². The number of hydrogen-bond acceptors (Lipinski definition) is 2. The van der Waals surface area contributed by atoms with Gasteiger partial charge in [0.2, 0.25) is 0 Å². The third kappa shape index (κ3) is 2.51. The highest BCUT2D eigenvalue weighted by Crippen LogP contribution is 2.27. The standard InChI is InChI=1S/C9H11BrOS/c1-2-12-9-4-3-7(6-11)5-8(9)10/h3-5,11H,2,6H2,1H3. The molecule has 0 saturated carbocycles. The van der Waals surface area contributed by atoms with E-state index in [4.69, 9.17) is 5.11 Å². The number of aliphatic hydroxyl groups is 1. The van der Waals surface area contributed by atoms with Crippen LogP contribution in [0.2, 0.25) is 0 Å². The summed E-state index contributed by atoms with van der Waals surface area (Å²) >= 11 is 5.25. The molecular formula is C9H11BrOS. The molecule has 1 aromatic rings. The summed E-state index contributed by atoms with van der Waals surface area (Å²) in [7, 11) is 0. The van der Waals surface area contributed by atoms with Gasteiger partial charge in [0.15, 0.2) is 0 Å². The quantitative estimate of drug-likeness (QED) is 0.828. The molecule has 1 aromatic carbocycles. The predicted molar refractivity (Wildman–Crippen MR) is 56.5 cm³/mol. The Hall–Kier alpha value is 0.01000. The van der Waals surface area contributed by atoms with Crippen molar-refractivity contribution in [3.05, 3.63) is 28.2 Å². The summed E-state index contributed by atoms with van der Waals surface area (Å²) in [6.07, 6.45) is 0. The maximum Gasteiger partial charge on any atom is 0.0682 e. The molecular weight excluding hydrogens is 236 g/mol. The first-order valence-corrected chi connectivity index (χ1v) is 5.58. The Labute approximate surface area is 85.3 Å². The van der Waals surface area contributed by atoms with Crippen molar-refractivity contribution in [2.75, 3.05) is 5.75 Å². The Morgan fingerprint density at radius 1 is 1.50 bits per heavy atom. The van der Waals surface area contributed by atoms with E-state index in [2.05, 4.69) is 22.9 Å². The van der Waals surface area contributed by atoms with Gasteiger partial charge < -0.3 is 5.11 Å². The van der Waals surface area contributed by atoms with Crippen molar-refractivity contribution in [2.24, 2.45) is 0 Å². The molecule has 66 valence electrons. The molecule has 1 nitrogen and oxygen atoms in total. The van der Waals surface area contributed by atoms with Gasteiger partial charge in [-0.2, -0.15) is 0 Å². The van der Waals surface area contributed by atoms with E-state index in [1.165, 1.54) is 4.90 Å². The Morgan fingerprint density at radius 2 is 2.25 bits per heavy atom. The molecule has 0 unspecified atom stereocenters. The van der Waals surface area contributed by atoms with E-state index in [1.807, 2.05) is 18.2 Å². The van der Waals surface area contributed by atoms with Crippen LogP contribution in [-0.4, -0.2) is 10.9 Å². The minimum atomic E-state index is 0.107. The number of hydrogen-bond donors (Lipinski definition) is 1. The van der Waals surface area contributed by atoms with Gasteiger partial charge in [-0.05, 0) is 39.4 Å². The van der Waals surface area contributed by atoms with Gasteiger partial charge in [-0.1, -0.05) is 13.0 Å². The average Bonchev–Trinajstić information content (AvgIpc) is 2.09. The fourth-order valence-electron chi connectivity index (χ4n) is 0.915. The van der Waals surface area contributed by atoms with Gasteiger partial charge >= 0.3 is 0 Å². The average molecular weight is 247 g/mol. The molecule has 0 aliphatic heterocycles. The highest BCUT2D eigenvalue weighted by molar-refractivity contribution is 9.10. The summed E-state index contributed by atoms with van der Waals surface area (Å²) in [6.45, 7) is 2.23. The summed E-state index contributed by atoms with van der Waals surface area (Å²) < 4.78 is 1.07. The Morgan fingerprint density at radius 3 is 2.75 bits per heavy atom. The van der Waals surface area contributed by atoms with Gasteiger partial charge in [0, 0.05) is 9.37 Å². The summed E-state index contributed by atoms with van der Waals surface area (Å²) in [6, 6.07) is 5.94. The molecule has 0 aliphatic carbocycles. The predicted octanol–water partition coefficient (Wildman–Crippen LogP) is 3.05. The summed E-state index contributed by atoms with van der Waals surface area (Å²) in [4.78, 5) is 1.23. The van der Waals surface area contributed by atoms with Crippen LogP contribution in [-0.2, 0) is 6.61 Å². The number of halogens is 1. The van der Waals surface area contributed by atoms with Crippen LogP contribution in [0.4, 0.5) is 0 Å². The monoisotopic (exact) mass is 246 g/mol. The minimum Gasteiger partial charge on any atom is -0.392 e. The first kappa shape index (κ1) is 10.1. The van der Waals surface area contributed by atoms with Gasteiger partial charge in [0.05, 0.1) is 6.61 Å². The molecule has 0 aromatic heterocycles.